The van der Waals surface area contributed by atoms with Crippen molar-refractivity contribution in [1.29, 1.82) is 0 Å². The summed E-state index contributed by atoms with van der Waals surface area (Å²) in [6.07, 6.45) is 1.65. The minimum atomic E-state index is -0.325. The third-order valence-corrected chi connectivity index (χ3v) is 1.00. The van der Waals surface area contributed by atoms with Crippen molar-refractivity contribution in [3.05, 3.63) is 0 Å². The summed E-state index contributed by atoms with van der Waals surface area (Å²) in [6.45, 7) is 0. The molecule has 0 aromatic rings. The lowest BCUT2D eigenvalue weighted by molar-refractivity contribution is -0.137. The summed E-state index contributed by atoms with van der Waals surface area (Å²) in [4.78, 5) is 18.8. The number of rotatable bonds is 0. The first-order valence-corrected chi connectivity index (χ1v) is 2.54. The van der Waals surface area contributed by atoms with Crippen LogP contribution in [-0.4, -0.2) is 16.7 Å². The molecule has 0 bridgehead atoms. The van der Waals surface area contributed by atoms with Crippen LogP contribution in [0.15, 0.2) is 0 Å². The zero-order valence-electron chi connectivity index (χ0n) is 4.39. The number of hydrogen-bond acceptors (Lipinski definition) is 2. The highest BCUT2D eigenvalue weighted by Gasteiger charge is 2.25. The highest BCUT2D eigenvalue weighted by Crippen LogP contribution is 2.05. The molecule has 3 nitrogen and oxygen atoms in total. The molecule has 0 amide bonds. The molecule has 0 aromatic carbocycles. The van der Waals surface area contributed by atoms with E-state index in [0.717, 1.165) is 0 Å². The Morgan fingerprint density at radius 2 is 2.25 bits per heavy atom. The standard InChI is InChI=1S/C5H6O3/c6-4-2-1-3-5(7)8-4/h1-3H2/p+1. The van der Waals surface area contributed by atoms with Crippen LogP contribution in [0, 0.1) is 0 Å². The maximum absolute atomic E-state index is 10.3. The summed E-state index contributed by atoms with van der Waals surface area (Å²) < 4.78 is 4.32. The smallest absolute Gasteiger partial charge is 0.339 e. The Bertz CT molecular complexity index is 114. The highest BCUT2D eigenvalue weighted by atomic mass is 16.6. The van der Waals surface area contributed by atoms with Crippen LogP contribution in [0.25, 0.3) is 0 Å². The van der Waals surface area contributed by atoms with Crippen molar-refractivity contribution in [3.63, 3.8) is 0 Å². The number of carbonyl (C=O) groups excluding carboxylic acids is 2. The average Bonchev–Trinajstić information content (AvgIpc) is 1.64. The van der Waals surface area contributed by atoms with Gasteiger partial charge in [0.1, 0.15) is 6.42 Å². The zero-order valence-corrected chi connectivity index (χ0v) is 4.39. The molecule has 0 saturated carbocycles. The Kier molecular flexibility index (Phi) is 1.28. The van der Waals surface area contributed by atoms with E-state index in [1.807, 2.05) is 0 Å². The molecule has 0 aliphatic carbocycles. The fourth-order valence-electron chi connectivity index (χ4n) is 0.617. The molecule has 1 heterocycles. The molecule has 1 N–H and O–H groups in total. The van der Waals surface area contributed by atoms with Crippen LogP contribution in [-0.2, 0) is 9.53 Å². The van der Waals surface area contributed by atoms with Crippen LogP contribution in [0.5, 0.6) is 0 Å². The van der Waals surface area contributed by atoms with E-state index >= 15 is 0 Å². The van der Waals surface area contributed by atoms with Crippen LogP contribution in [0.4, 0.5) is 0 Å². The lowest BCUT2D eigenvalue weighted by Gasteiger charge is -1.97. The van der Waals surface area contributed by atoms with Crippen molar-refractivity contribution < 1.29 is 14.3 Å². The summed E-state index contributed by atoms with van der Waals surface area (Å²) in [5.41, 5.74) is 0. The van der Waals surface area contributed by atoms with E-state index in [-0.39, 0.29) is 11.9 Å². The van der Waals surface area contributed by atoms with Gasteiger partial charge in [-0.05, 0) is 6.42 Å². The fourth-order valence-corrected chi connectivity index (χ4v) is 0.617. The minimum Gasteiger partial charge on any atom is -0.339 e. The molecule has 3 heteroatoms. The second kappa shape index (κ2) is 1.94. The fraction of sp³-hybridized carbons (Fsp3) is 0.600. The Morgan fingerprint density at radius 3 is 2.62 bits per heavy atom. The minimum absolute atomic E-state index is 0.138. The van der Waals surface area contributed by atoms with Gasteiger partial charge in [-0.3, -0.25) is 0 Å². The van der Waals surface area contributed by atoms with Crippen LogP contribution in [0.1, 0.15) is 19.3 Å². The first-order valence-electron chi connectivity index (χ1n) is 2.54. The van der Waals surface area contributed by atoms with Gasteiger partial charge in [-0.2, -0.15) is 0 Å². The third kappa shape index (κ3) is 1.05. The van der Waals surface area contributed by atoms with Crippen LogP contribution in [0.2, 0.25) is 0 Å². The van der Waals surface area contributed by atoms with Gasteiger partial charge in [0.2, 0.25) is 0 Å². The molecular formula is C5H7O3+. The van der Waals surface area contributed by atoms with Gasteiger partial charge in [0.25, 0.3) is 0 Å². The number of hydrogen-bond donors (Lipinski definition) is 0. The predicted octanol–water partition coefficient (Wildman–Crippen LogP) is 0.216. The number of ether oxygens (including phenoxy) is 1. The Labute approximate surface area is 46.6 Å². The van der Waals surface area contributed by atoms with Crippen molar-refractivity contribution >= 4 is 11.9 Å². The van der Waals surface area contributed by atoms with Gasteiger partial charge in [0.05, 0.1) is 6.42 Å². The molecule has 0 atom stereocenters. The average molecular weight is 115 g/mol. The highest BCUT2D eigenvalue weighted by molar-refractivity contribution is 5.88. The first-order chi connectivity index (χ1) is 3.79. The summed E-state index contributed by atoms with van der Waals surface area (Å²) in [7, 11) is 0. The second-order valence-corrected chi connectivity index (χ2v) is 1.72. The number of esters is 2. The second-order valence-electron chi connectivity index (χ2n) is 1.72. The molecule has 1 rings (SSSR count). The van der Waals surface area contributed by atoms with E-state index in [0.29, 0.717) is 19.3 Å². The number of cyclic esters (lactones) is 2. The van der Waals surface area contributed by atoms with Crippen molar-refractivity contribution in [2.75, 3.05) is 0 Å². The predicted molar refractivity (Wildman–Crippen MR) is 26.9 cm³/mol. The topological polar surface area (TPSA) is 47.7 Å². The van der Waals surface area contributed by atoms with Crippen molar-refractivity contribution in [3.8, 4) is 0 Å². The molecule has 1 aliphatic heterocycles. The Hall–Kier alpha value is -0.860. The first kappa shape index (κ1) is 5.28. The molecule has 0 spiro atoms. The van der Waals surface area contributed by atoms with Crippen LogP contribution < -0.4 is 0 Å². The molecule has 8 heavy (non-hydrogen) atoms. The summed E-state index contributed by atoms with van der Waals surface area (Å²) in [5.74, 6) is -0.463. The van der Waals surface area contributed by atoms with E-state index in [1.54, 1.807) is 0 Å². The molecule has 1 saturated heterocycles. The van der Waals surface area contributed by atoms with E-state index in [4.69, 9.17) is 4.79 Å². The molecule has 1 aliphatic rings. The normalized spacial score (nSPS) is 20.5. The Balaban J connectivity index is 2.45. The molecule has 0 aromatic heterocycles. The molecular weight excluding hydrogens is 108 g/mol. The molecule has 0 radical (unpaired) electrons. The summed E-state index contributed by atoms with van der Waals surface area (Å²) in [5, 5.41) is 0. The van der Waals surface area contributed by atoms with Crippen LogP contribution >= 0.6 is 0 Å². The van der Waals surface area contributed by atoms with Crippen LogP contribution in [0.3, 0.4) is 0 Å². The third-order valence-electron chi connectivity index (χ3n) is 1.00. The largest absolute Gasteiger partial charge is 0.491 e. The lowest BCUT2D eigenvalue weighted by Crippen LogP contribution is -2.17. The van der Waals surface area contributed by atoms with Gasteiger partial charge in [-0.15, -0.1) is 0 Å². The lowest BCUT2D eigenvalue weighted by atomic mass is 10.2. The van der Waals surface area contributed by atoms with E-state index in [2.05, 4.69) is 4.74 Å². The van der Waals surface area contributed by atoms with Crippen molar-refractivity contribution in [1.82, 2.24) is 0 Å². The van der Waals surface area contributed by atoms with E-state index in [1.165, 1.54) is 0 Å². The van der Waals surface area contributed by atoms with Gasteiger partial charge in [-0.25, -0.2) is 9.53 Å². The van der Waals surface area contributed by atoms with Gasteiger partial charge < -0.3 is 4.79 Å². The molecule has 1 fully saturated rings. The van der Waals surface area contributed by atoms with Gasteiger partial charge in [0.15, 0.2) is 0 Å². The van der Waals surface area contributed by atoms with Gasteiger partial charge >= 0.3 is 11.9 Å². The maximum Gasteiger partial charge on any atom is 0.491 e. The summed E-state index contributed by atoms with van der Waals surface area (Å²) in [6, 6.07) is 0. The van der Waals surface area contributed by atoms with Crippen molar-refractivity contribution in [2.24, 2.45) is 0 Å². The quantitative estimate of drug-likeness (QED) is 0.257. The molecule has 44 valence electrons. The molecule has 0 unspecified atom stereocenters. The van der Waals surface area contributed by atoms with E-state index < -0.39 is 0 Å². The Morgan fingerprint density at radius 1 is 1.50 bits per heavy atom. The maximum atomic E-state index is 10.3. The van der Waals surface area contributed by atoms with Gasteiger partial charge in [0, 0.05) is 0 Å². The van der Waals surface area contributed by atoms with E-state index in [9.17, 15) is 4.79 Å². The number of carbonyl (C=O) groups is 1. The zero-order chi connectivity index (χ0) is 5.98. The summed E-state index contributed by atoms with van der Waals surface area (Å²) >= 11 is 0. The van der Waals surface area contributed by atoms with Crippen molar-refractivity contribution in [2.45, 2.75) is 19.3 Å². The monoisotopic (exact) mass is 115 g/mol. The SMILES string of the molecule is O=C1CCCC(=[OH+])O1. The van der Waals surface area contributed by atoms with Gasteiger partial charge in [-0.1, -0.05) is 0 Å².